The van der Waals surface area contributed by atoms with Crippen LogP contribution in [0.25, 0.3) is 0 Å². The van der Waals surface area contributed by atoms with Crippen molar-refractivity contribution < 1.29 is 69.5 Å². The van der Waals surface area contributed by atoms with Crippen LogP contribution < -0.4 is 5.32 Å². The van der Waals surface area contributed by atoms with Gasteiger partial charge in [0.1, 0.15) is 24.2 Å². The van der Waals surface area contributed by atoms with Gasteiger partial charge in [-0.1, -0.05) is 30.3 Å². The molecule has 0 aromatic heterocycles. The fraction of sp³-hybridized carbons (Fsp3) is 0.630. The molecule has 2 heterocycles. The monoisotopic (exact) mass is 698 g/mol. The number of likely N-dealkylation sites (tertiary alicyclic amines) is 1. The zero-order valence-corrected chi connectivity index (χ0v) is 26.4. The number of carbonyl (C=O) groups is 4. The predicted molar refractivity (Wildman–Crippen MR) is 150 cm³/mol. The Labute approximate surface area is 261 Å². The summed E-state index contributed by atoms with van der Waals surface area (Å²) in [5.41, 5.74) is 1.06. The quantitative estimate of drug-likeness (QED) is 0.211. The number of nitrogens with one attached hydrogen (secondary N) is 1. The Hall–Kier alpha value is -2.11. The van der Waals surface area contributed by atoms with Crippen LogP contribution in [0.2, 0.25) is 0 Å². The van der Waals surface area contributed by atoms with E-state index < -0.39 is 0 Å². The smallest absolute Gasteiger partial charge is 0.323 e. The summed E-state index contributed by atoms with van der Waals surface area (Å²) >= 11 is 0. The Morgan fingerprint density at radius 2 is 1.05 bits per heavy atom. The van der Waals surface area contributed by atoms with Crippen LogP contribution in [0.15, 0.2) is 30.3 Å². The minimum absolute atomic E-state index is 0. The Morgan fingerprint density at radius 1 is 0.683 bits per heavy atom. The first kappa shape index (κ1) is 43.3. The Bertz CT molecular complexity index is 846. The van der Waals surface area contributed by atoms with E-state index >= 15 is 0 Å². The van der Waals surface area contributed by atoms with Gasteiger partial charge in [0, 0.05) is 27.0 Å². The van der Waals surface area contributed by atoms with E-state index in [0.717, 1.165) is 5.56 Å². The number of hydrogen-bond acceptors (Lipinski definition) is 10. The molecule has 2 aliphatic heterocycles. The van der Waals surface area contributed by atoms with Gasteiger partial charge in [-0.15, -0.1) is 12.4 Å². The molecule has 1 aromatic rings. The standard InChI is InChI=1S/C17H23NO4.C10H17NO4.ClH.2H2O.Pd/c1-3-21-16(19)14-10-11-15(17(20)22-4-2)18(14)12-13-8-6-5-7-9-13;1-3-14-9(12)7-5-6-8(11-7)10(13)15-4-2;;;;/h5-9,14-15H,3-4,10-12H2,1-2H3;7-8,11H,3-6H2,1-2H3;1H;2*1H2;/t14-,15+;7-,8+;;;;. The molecule has 0 amide bonds. The first-order valence-electron chi connectivity index (χ1n) is 13.1. The second-order valence-corrected chi connectivity index (χ2v) is 8.62. The molecule has 0 spiro atoms. The molecule has 0 saturated carbocycles. The average Bonchev–Trinajstić information content (AvgIpc) is 3.54. The summed E-state index contributed by atoms with van der Waals surface area (Å²) in [6.07, 6.45) is 2.49. The predicted octanol–water partition coefficient (Wildman–Crippen LogP) is 1.15. The molecule has 0 aliphatic carbocycles. The summed E-state index contributed by atoms with van der Waals surface area (Å²) in [6.45, 7) is 9.05. The van der Waals surface area contributed by atoms with E-state index in [1.165, 1.54) is 0 Å². The normalized spacial score (nSPS) is 20.7. The number of ether oxygens (including phenoxy) is 4. The number of benzene rings is 1. The molecule has 2 fully saturated rings. The van der Waals surface area contributed by atoms with Gasteiger partial charge in [0.15, 0.2) is 0 Å². The molecule has 2 aliphatic rings. The van der Waals surface area contributed by atoms with Gasteiger partial charge < -0.3 is 29.9 Å². The maximum absolute atomic E-state index is 12.2. The van der Waals surface area contributed by atoms with E-state index in [2.05, 4.69) is 5.32 Å². The summed E-state index contributed by atoms with van der Waals surface area (Å²) in [6, 6.07) is 8.33. The van der Waals surface area contributed by atoms with Crippen molar-refractivity contribution in [3.63, 3.8) is 0 Å². The molecule has 1 aromatic carbocycles. The maximum atomic E-state index is 12.2. The number of halogens is 1. The van der Waals surface area contributed by atoms with Crippen molar-refractivity contribution in [2.75, 3.05) is 26.4 Å². The number of hydrogen-bond donors (Lipinski definition) is 1. The number of carbonyl (C=O) groups excluding carboxylic acids is 4. The largest absolute Gasteiger partial charge is 0.465 e. The van der Waals surface area contributed by atoms with Crippen molar-refractivity contribution in [1.29, 1.82) is 0 Å². The fourth-order valence-electron chi connectivity index (χ4n) is 4.46. The van der Waals surface area contributed by atoms with E-state index in [4.69, 9.17) is 18.9 Å². The van der Waals surface area contributed by atoms with Crippen molar-refractivity contribution in [2.45, 2.75) is 84.1 Å². The van der Waals surface area contributed by atoms with Crippen molar-refractivity contribution in [2.24, 2.45) is 0 Å². The van der Waals surface area contributed by atoms with E-state index in [1.807, 2.05) is 35.2 Å². The Balaban J connectivity index is -0.000000679. The van der Waals surface area contributed by atoms with Crippen LogP contribution in [0.3, 0.4) is 0 Å². The summed E-state index contributed by atoms with van der Waals surface area (Å²) < 4.78 is 20.0. The van der Waals surface area contributed by atoms with Crippen molar-refractivity contribution in [3.05, 3.63) is 35.9 Å². The number of rotatable bonds is 10. The topological polar surface area (TPSA) is 183 Å². The fourth-order valence-corrected chi connectivity index (χ4v) is 4.46. The number of nitrogens with zero attached hydrogens (tertiary/aromatic N) is 1. The van der Waals surface area contributed by atoms with E-state index in [-0.39, 0.29) is 91.8 Å². The Morgan fingerprint density at radius 3 is 1.41 bits per heavy atom. The zero-order chi connectivity index (χ0) is 27.2. The van der Waals surface area contributed by atoms with Gasteiger partial charge in [-0.2, -0.15) is 0 Å². The third-order valence-electron chi connectivity index (χ3n) is 6.13. The average molecular weight is 700 g/mol. The molecule has 5 N–H and O–H groups in total. The van der Waals surface area contributed by atoms with E-state index in [1.54, 1.807) is 27.7 Å². The molecule has 0 bridgehead atoms. The zero-order valence-electron chi connectivity index (χ0n) is 24.0. The molecule has 3 rings (SSSR count). The first-order chi connectivity index (χ1) is 17.9. The van der Waals surface area contributed by atoms with Crippen LogP contribution in [0, 0.1) is 0 Å². The van der Waals surface area contributed by atoms with Gasteiger partial charge in [-0.25, -0.2) is 0 Å². The summed E-state index contributed by atoms with van der Waals surface area (Å²) in [5, 5.41) is 2.91. The minimum Gasteiger partial charge on any atom is -0.465 e. The van der Waals surface area contributed by atoms with Gasteiger partial charge in [0.2, 0.25) is 0 Å². The Kier molecular flexibility index (Phi) is 24.8. The third kappa shape index (κ3) is 13.6. The molecule has 4 atom stereocenters. The van der Waals surface area contributed by atoms with Crippen LogP contribution in [-0.4, -0.2) is 90.3 Å². The third-order valence-corrected chi connectivity index (χ3v) is 6.13. The van der Waals surface area contributed by atoms with Crippen molar-refractivity contribution in [1.82, 2.24) is 10.2 Å². The van der Waals surface area contributed by atoms with Gasteiger partial charge in [-0.05, 0) is 58.9 Å². The molecule has 2 saturated heterocycles. The van der Waals surface area contributed by atoms with Gasteiger partial charge >= 0.3 is 23.9 Å². The van der Waals surface area contributed by atoms with Gasteiger partial charge in [-0.3, -0.25) is 29.4 Å². The summed E-state index contributed by atoms with van der Waals surface area (Å²) in [5.74, 6) is -1.09. The molecule has 41 heavy (non-hydrogen) atoms. The molecule has 12 nitrogen and oxygen atoms in total. The molecule has 0 unspecified atom stereocenters. The first-order valence-corrected chi connectivity index (χ1v) is 13.1. The molecule has 0 radical (unpaired) electrons. The second-order valence-electron chi connectivity index (χ2n) is 8.62. The van der Waals surface area contributed by atoms with Gasteiger partial charge in [0.25, 0.3) is 0 Å². The van der Waals surface area contributed by atoms with E-state index in [0.29, 0.717) is 58.7 Å². The van der Waals surface area contributed by atoms with Gasteiger partial charge in [0.05, 0.1) is 26.4 Å². The summed E-state index contributed by atoms with van der Waals surface area (Å²) in [7, 11) is 0. The number of esters is 4. The van der Waals surface area contributed by atoms with Crippen LogP contribution >= 0.6 is 12.4 Å². The second kappa shape index (κ2) is 23.5. The van der Waals surface area contributed by atoms with E-state index in [9.17, 15) is 19.2 Å². The molecule has 240 valence electrons. The van der Waals surface area contributed by atoms with Crippen LogP contribution in [0.5, 0.6) is 0 Å². The molecule has 14 heteroatoms. The van der Waals surface area contributed by atoms with Crippen LogP contribution in [0.1, 0.15) is 58.9 Å². The molecular weight excluding hydrogens is 654 g/mol. The van der Waals surface area contributed by atoms with Crippen molar-refractivity contribution >= 4 is 36.3 Å². The van der Waals surface area contributed by atoms with Crippen molar-refractivity contribution in [3.8, 4) is 0 Å². The molecular formula is C27H45ClN2O10Pd. The SMILES string of the molecule is CCOC(=O)[C@@H]1CC[C@H](C(=O)OCC)N1.CCOC(=O)[C@H]1CC[C@@H](C(=O)OCC)N1Cc1ccccc1.Cl.O.O.[Pd]. The summed E-state index contributed by atoms with van der Waals surface area (Å²) in [4.78, 5) is 48.9. The van der Waals surface area contributed by atoms with Crippen LogP contribution in [0.4, 0.5) is 0 Å². The maximum Gasteiger partial charge on any atom is 0.323 e. The minimum atomic E-state index is -0.380. The van der Waals surface area contributed by atoms with Crippen LogP contribution in [-0.2, 0) is 65.1 Å².